The fraction of sp³-hybridized carbons (Fsp3) is 0.538. The van der Waals surface area contributed by atoms with Gasteiger partial charge in [-0.3, -0.25) is 9.78 Å². The Morgan fingerprint density at radius 3 is 2.89 bits per heavy atom. The monoisotopic (exact) mass is 251 g/mol. The SMILES string of the molecule is CCOCCN(CC)C(=O)c1ccncc1NC. The van der Waals surface area contributed by atoms with Crippen molar-refractivity contribution in [1.29, 1.82) is 0 Å². The number of carbonyl (C=O) groups is 1. The molecule has 18 heavy (non-hydrogen) atoms. The molecule has 0 atom stereocenters. The van der Waals surface area contributed by atoms with Crippen molar-refractivity contribution in [2.75, 3.05) is 38.7 Å². The van der Waals surface area contributed by atoms with Crippen LogP contribution in [-0.2, 0) is 4.74 Å². The van der Waals surface area contributed by atoms with Gasteiger partial charge < -0.3 is 15.0 Å². The first-order chi connectivity index (χ1) is 8.74. The number of likely N-dealkylation sites (N-methyl/N-ethyl adjacent to an activating group) is 1. The van der Waals surface area contributed by atoms with Crippen LogP contribution < -0.4 is 5.32 Å². The Morgan fingerprint density at radius 1 is 1.50 bits per heavy atom. The minimum atomic E-state index is 0.00366. The van der Waals surface area contributed by atoms with Gasteiger partial charge in [0.05, 0.1) is 24.1 Å². The molecule has 0 aromatic carbocycles. The van der Waals surface area contributed by atoms with Crippen LogP contribution in [0.2, 0.25) is 0 Å². The van der Waals surface area contributed by atoms with E-state index in [0.29, 0.717) is 31.9 Å². The summed E-state index contributed by atoms with van der Waals surface area (Å²) in [6.45, 7) is 6.41. The zero-order valence-corrected chi connectivity index (χ0v) is 11.3. The second kappa shape index (κ2) is 7.66. The number of pyridine rings is 1. The number of hydrogen-bond acceptors (Lipinski definition) is 4. The minimum Gasteiger partial charge on any atom is -0.386 e. The molecule has 1 heterocycles. The Morgan fingerprint density at radius 2 is 2.28 bits per heavy atom. The zero-order chi connectivity index (χ0) is 13.4. The topological polar surface area (TPSA) is 54.5 Å². The largest absolute Gasteiger partial charge is 0.386 e. The van der Waals surface area contributed by atoms with Crippen LogP contribution in [-0.4, -0.2) is 49.1 Å². The number of ether oxygens (including phenoxy) is 1. The summed E-state index contributed by atoms with van der Waals surface area (Å²) in [4.78, 5) is 18.1. The molecule has 0 aliphatic carbocycles. The van der Waals surface area contributed by atoms with Crippen LogP contribution in [0.15, 0.2) is 18.5 Å². The van der Waals surface area contributed by atoms with Crippen molar-refractivity contribution in [2.24, 2.45) is 0 Å². The highest BCUT2D eigenvalue weighted by Gasteiger charge is 2.16. The Kier molecular flexibility index (Phi) is 6.14. The molecule has 0 spiro atoms. The molecular formula is C13H21N3O2. The van der Waals surface area contributed by atoms with Crippen LogP contribution in [0.5, 0.6) is 0 Å². The van der Waals surface area contributed by atoms with Gasteiger partial charge in [0.25, 0.3) is 5.91 Å². The lowest BCUT2D eigenvalue weighted by atomic mass is 10.2. The first-order valence-corrected chi connectivity index (χ1v) is 6.23. The molecule has 5 nitrogen and oxygen atoms in total. The lowest BCUT2D eigenvalue weighted by Gasteiger charge is -2.21. The third-order valence-electron chi connectivity index (χ3n) is 2.70. The maximum Gasteiger partial charge on any atom is 0.256 e. The number of anilines is 1. The molecule has 0 saturated heterocycles. The van der Waals surface area contributed by atoms with Gasteiger partial charge in [-0.25, -0.2) is 0 Å². The molecule has 1 aromatic heterocycles. The van der Waals surface area contributed by atoms with Gasteiger partial charge in [-0.15, -0.1) is 0 Å². The van der Waals surface area contributed by atoms with E-state index in [1.807, 2.05) is 13.8 Å². The van der Waals surface area contributed by atoms with Gasteiger partial charge in [-0.1, -0.05) is 0 Å². The van der Waals surface area contributed by atoms with Crippen molar-refractivity contribution < 1.29 is 9.53 Å². The quantitative estimate of drug-likeness (QED) is 0.748. The summed E-state index contributed by atoms with van der Waals surface area (Å²) in [5.74, 6) is 0.00366. The standard InChI is InChI=1S/C13H21N3O2/c1-4-16(8-9-18-5-2)13(17)11-6-7-15-10-12(11)14-3/h6-7,10,14H,4-5,8-9H2,1-3H3. The molecular weight excluding hydrogens is 230 g/mol. The van der Waals surface area contributed by atoms with E-state index < -0.39 is 0 Å². The maximum atomic E-state index is 12.4. The third-order valence-corrected chi connectivity index (χ3v) is 2.70. The van der Waals surface area contributed by atoms with Crippen LogP contribution in [0.4, 0.5) is 5.69 Å². The molecule has 1 aromatic rings. The van der Waals surface area contributed by atoms with E-state index in [4.69, 9.17) is 4.74 Å². The molecule has 1 rings (SSSR count). The second-order valence-electron chi connectivity index (χ2n) is 3.75. The van der Waals surface area contributed by atoms with E-state index in [-0.39, 0.29) is 5.91 Å². The summed E-state index contributed by atoms with van der Waals surface area (Å²) >= 11 is 0. The van der Waals surface area contributed by atoms with E-state index >= 15 is 0 Å². The lowest BCUT2D eigenvalue weighted by molar-refractivity contribution is 0.0670. The molecule has 5 heteroatoms. The second-order valence-corrected chi connectivity index (χ2v) is 3.75. The summed E-state index contributed by atoms with van der Waals surface area (Å²) in [5.41, 5.74) is 1.39. The number of rotatable bonds is 7. The van der Waals surface area contributed by atoms with E-state index in [9.17, 15) is 4.79 Å². The molecule has 0 bridgehead atoms. The predicted octanol–water partition coefficient (Wildman–Crippen LogP) is 1.62. The van der Waals surface area contributed by atoms with Gasteiger partial charge in [0.15, 0.2) is 0 Å². The number of carbonyl (C=O) groups excluding carboxylic acids is 1. The smallest absolute Gasteiger partial charge is 0.256 e. The Bertz CT molecular complexity index is 382. The number of amides is 1. The molecule has 0 saturated carbocycles. The number of hydrogen-bond donors (Lipinski definition) is 1. The van der Waals surface area contributed by atoms with Crippen LogP contribution >= 0.6 is 0 Å². The van der Waals surface area contributed by atoms with Crippen LogP contribution in [0.1, 0.15) is 24.2 Å². The molecule has 1 N–H and O–H groups in total. The number of nitrogens with one attached hydrogen (secondary N) is 1. The van der Waals surface area contributed by atoms with Crippen molar-refractivity contribution in [3.8, 4) is 0 Å². The van der Waals surface area contributed by atoms with E-state index in [1.54, 1.807) is 30.4 Å². The Balaban J connectivity index is 2.76. The fourth-order valence-corrected chi connectivity index (χ4v) is 1.67. The highest BCUT2D eigenvalue weighted by atomic mass is 16.5. The number of nitrogens with zero attached hydrogens (tertiary/aromatic N) is 2. The van der Waals surface area contributed by atoms with Crippen molar-refractivity contribution in [2.45, 2.75) is 13.8 Å². The molecule has 1 amide bonds. The summed E-state index contributed by atoms with van der Waals surface area (Å²) in [6.07, 6.45) is 3.29. The maximum absolute atomic E-state index is 12.4. The molecule has 0 unspecified atom stereocenters. The van der Waals surface area contributed by atoms with Crippen LogP contribution in [0.3, 0.4) is 0 Å². The Hall–Kier alpha value is -1.62. The van der Waals surface area contributed by atoms with E-state index in [2.05, 4.69) is 10.3 Å². The first-order valence-electron chi connectivity index (χ1n) is 6.23. The number of aromatic nitrogens is 1. The molecule has 0 fully saturated rings. The van der Waals surface area contributed by atoms with E-state index in [1.165, 1.54) is 0 Å². The average Bonchev–Trinajstić information content (AvgIpc) is 2.43. The van der Waals surface area contributed by atoms with Crippen molar-refractivity contribution in [3.05, 3.63) is 24.0 Å². The highest BCUT2D eigenvalue weighted by Crippen LogP contribution is 2.15. The summed E-state index contributed by atoms with van der Waals surface area (Å²) < 4.78 is 5.29. The van der Waals surface area contributed by atoms with Gasteiger partial charge in [0.2, 0.25) is 0 Å². The van der Waals surface area contributed by atoms with Crippen molar-refractivity contribution in [1.82, 2.24) is 9.88 Å². The van der Waals surface area contributed by atoms with Gasteiger partial charge in [0, 0.05) is 32.9 Å². The average molecular weight is 251 g/mol. The third kappa shape index (κ3) is 3.70. The summed E-state index contributed by atoms with van der Waals surface area (Å²) in [6, 6.07) is 1.73. The fourth-order valence-electron chi connectivity index (χ4n) is 1.67. The van der Waals surface area contributed by atoms with Crippen LogP contribution in [0.25, 0.3) is 0 Å². The predicted molar refractivity (Wildman–Crippen MR) is 71.9 cm³/mol. The van der Waals surface area contributed by atoms with Crippen molar-refractivity contribution in [3.63, 3.8) is 0 Å². The molecule has 0 aliphatic heterocycles. The van der Waals surface area contributed by atoms with Crippen molar-refractivity contribution >= 4 is 11.6 Å². The summed E-state index contributed by atoms with van der Waals surface area (Å²) in [7, 11) is 1.78. The minimum absolute atomic E-state index is 0.00366. The lowest BCUT2D eigenvalue weighted by Crippen LogP contribution is -2.34. The summed E-state index contributed by atoms with van der Waals surface area (Å²) in [5, 5.41) is 2.98. The molecule has 0 radical (unpaired) electrons. The van der Waals surface area contributed by atoms with Crippen LogP contribution in [0, 0.1) is 0 Å². The van der Waals surface area contributed by atoms with Gasteiger partial charge >= 0.3 is 0 Å². The Labute approximate surface area is 108 Å². The van der Waals surface area contributed by atoms with Gasteiger partial charge in [-0.2, -0.15) is 0 Å². The molecule has 100 valence electrons. The van der Waals surface area contributed by atoms with E-state index in [0.717, 1.165) is 5.69 Å². The molecule has 0 aliphatic rings. The van der Waals surface area contributed by atoms with Gasteiger partial charge in [0.1, 0.15) is 0 Å². The zero-order valence-electron chi connectivity index (χ0n) is 11.3. The highest BCUT2D eigenvalue weighted by molar-refractivity contribution is 5.99. The normalized spacial score (nSPS) is 10.2. The van der Waals surface area contributed by atoms with Gasteiger partial charge in [-0.05, 0) is 19.9 Å². The first kappa shape index (κ1) is 14.4.